The average Bonchev–Trinajstić information content (AvgIpc) is 3.19. The van der Waals surface area contributed by atoms with Gasteiger partial charge in [-0.05, 0) is 42.6 Å². The monoisotopic (exact) mass is 395 g/mol. The smallest absolute Gasteiger partial charge is 0.150 e. The first kappa shape index (κ1) is 17.7. The predicted octanol–water partition coefficient (Wildman–Crippen LogP) is 3.61. The Labute approximate surface area is 169 Å². The lowest BCUT2D eigenvalue weighted by atomic mass is 10.1. The Bertz CT molecular complexity index is 939. The zero-order chi connectivity index (χ0) is 18.8. The van der Waals surface area contributed by atoms with Crippen LogP contribution >= 0.6 is 11.5 Å². The molecule has 146 valence electrons. The van der Waals surface area contributed by atoms with Gasteiger partial charge in [0.15, 0.2) is 0 Å². The van der Waals surface area contributed by atoms with E-state index in [0.29, 0.717) is 6.04 Å². The lowest BCUT2D eigenvalue weighted by Crippen LogP contribution is -2.42. The molecule has 5 rings (SSSR count). The van der Waals surface area contributed by atoms with Gasteiger partial charge in [-0.25, -0.2) is 4.98 Å². The standard InChI is InChI=1S/C21H25N5OS/c1-2-6-19-18(5-1)21(24-28-19)26-9-3-4-16(15-26)23-20-14-17(7-8-22-20)25-10-12-27-13-11-25/h1-2,5-8,14,16H,3-4,9-13,15H2,(H,22,23)/t16-/m1/s1. The highest BCUT2D eigenvalue weighted by atomic mass is 32.1. The van der Waals surface area contributed by atoms with Crippen LogP contribution in [0.4, 0.5) is 17.3 Å². The lowest BCUT2D eigenvalue weighted by molar-refractivity contribution is 0.122. The van der Waals surface area contributed by atoms with Crippen molar-refractivity contribution < 1.29 is 4.74 Å². The molecule has 1 N–H and O–H groups in total. The number of pyridine rings is 1. The first-order valence-electron chi connectivity index (χ1n) is 10.0. The number of ether oxygens (including phenoxy) is 1. The number of anilines is 3. The van der Waals surface area contributed by atoms with Gasteiger partial charge >= 0.3 is 0 Å². The zero-order valence-corrected chi connectivity index (χ0v) is 16.7. The van der Waals surface area contributed by atoms with Crippen LogP contribution in [0.25, 0.3) is 10.1 Å². The summed E-state index contributed by atoms with van der Waals surface area (Å²) in [6, 6.07) is 13.1. The maximum Gasteiger partial charge on any atom is 0.150 e. The summed E-state index contributed by atoms with van der Waals surface area (Å²) in [6.45, 7) is 5.49. The summed E-state index contributed by atoms with van der Waals surface area (Å²) in [5.41, 5.74) is 1.22. The molecule has 0 saturated carbocycles. The molecule has 2 aliphatic rings. The molecule has 3 aromatic rings. The molecule has 0 bridgehead atoms. The number of fused-ring (bicyclic) bond motifs is 1. The molecule has 2 fully saturated rings. The summed E-state index contributed by atoms with van der Waals surface area (Å²) in [6.07, 6.45) is 4.22. The Balaban J connectivity index is 1.29. The molecule has 1 aromatic carbocycles. The highest BCUT2D eigenvalue weighted by Crippen LogP contribution is 2.31. The molecular weight excluding hydrogens is 370 g/mol. The van der Waals surface area contributed by atoms with E-state index in [-0.39, 0.29) is 0 Å². The summed E-state index contributed by atoms with van der Waals surface area (Å²) in [4.78, 5) is 9.35. The van der Waals surface area contributed by atoms with Crippen LogP contribution in [0.1, 0.15) is 12.8 Å². The van der Waals surface area contributed by atoms with Crippen LogP contribution < -0.4 is 15.1 Å². The maximum absolute atomic E-state index is 5.47. The summed E-state index contributed by atoms with van der Waals surface area (Å²) in [5, 5.41) is 4.93. The fourth-order valence-electron chi connectivity index (χ4n) is 4.11. The van der Waals surface area contributed by atoms with Gasteiger partial charge in [0.05, 0.1) is 17.9 Å². The number of benzene rings is 1. The fourth-order valence-corrected chi connectivity index (χ4v) is 4.91. The van der Waals surface area contributed by atoms with Crippen molar-refractivity contribution in [2.75, 3.05) is 54.5 Å². The van der Waals surface area contributed by atoms with Crippen molar-refractivity contribution in [1.82, 2.24) is 9.36 Å². The zero-order valence-electron chi connectivity index (χ0n) is 15.9. The van der Waals surface area contributed by atoms with Gasteiger partial charge in [-0.3, -0.25) is 0 Å². The van der Waals surface area contributed by atoms with E-state index in [1.165, 1.54) is 15.8 Å². The number of piperidine rings is 1. The second kappa shape index (κ2) is 7.93. The number of aromatic nitrogens is 2. The van der Waals surface area contributed by atoms with E-state index < -0.39 is 0 Å². The molecule has 0 aliphatic carbocycles. The summed E-state index contributed by atoms with van der Waals surface area (Å²) in [7, 11) is 0. The van der Waals surface area contributed by atoms with E-state index in [9.17, 15) is 0 Å². The Morgan fingerprint density at radius 2 is 1.96 bits per heavy atom. The van der Waals surface area contributed by atoms with Crippen LogP contribution in [0.3, 0.4) is 0 Å². The van der Waals surface area contributed by atoms with Crippen molar-refractivity contribution in [3.05, 3.63) is 42.6 Å². The van der Waals surface area contributed by atoms with Crippen LogP contribution in [-0.4, -0.2) is 54.8 Å². The van der Waals surface area contributed by atoms with Gasteiger partial charge in [0.25, 0.3) is 0 Å². The second-order valence-electron chi connectivity index (χ2n) is 7.43. The average molecular weight is 396 g/mol. The molecule has 7 heteroatoms. The molecule has 28 heavy (non-hydrogen) atoms. The van der Waals surface area contributed by atoms with Crippen molar-refractivity contribution in [2.24, 2.45) is 0 Å². The Hall–Kier alpha value is -2.38. The van der Waals surface area contributed by atoms with Gasteiger partial charge in [-0.15, -0.1) is 0 Å². The minimum absolute atomic E-state index is 0.377. The molecule has 0 unspecified atom stereocenters. The van der Waals surface area contributed by atoms with Crippen LogP contribution in [0.2, 0.25) is 0 Å². The number of hydrogen-bond donors (Lipinski definition) is 1. The van der Waals surface area contributed by atoms with E-state index in [1.807, 2.05) is 6.20 Å². The molecule has 2 aliphatic heterocycles. The van der Waals surface area contributed by atoms with Crippen LogP contribution in [0.15, 0.2) is 42.6 Å². The number of rotatable bonds is 4. The number of nitrogens with one attached hydrogen (secondary N) is 1. The van der Waals surface area contributed by atoms with Gasteiger partial charge in [-0.2, -0.15) is 4.37 Å². The molecule has 1 atom stereocenters. The van der Waals surface area contributed by atoms with Crippen molar-refractivity contribution in [2.45, 2.75) is 18.9 Å². The Morgan fingerprint density at radius 1 is 1.07 bits per heavy atom. The summed E-state index contributed by atoms with van der Waals surface area (Å²) >= 11 is 1.59. The number of morpholine rings is 1. The van der Waals surface area contributed by atoms with Crippen LogP contribution in [0.5, 0.6) is 0 Å². The van der Waals surface area contributed by atoms with Gasteiger partial charge < -0.3 is 19.9 Å². The SMILES string of the molecule is c1ccc2c(N3CCC[C@@H](Nc4cc(N5CCOCC5)ccn4)C3)nsc2c1. The lowest BCUT2D eigenvalue weighted by Gasteiger charge is -2.34. The van der Waals surface area contributed by atoms with Crippen molar-refractivity contribution in [1.29, 1.82) is 0 Å². The van der Waals surface area contributed by atoms with Crippen molar-refractivity contribution in [3.63, 3.8) is 0 Å². The highest BCUT2D eigenvalue weighted by molar-refractivity contribution is 7.13. The first-order valence-corrected chi connectivity index (χ1v) is 10.8. The minimum atomic E-state index is 0.377. The largest absolute Gasteiger partial charge is 0.378 e. The molecule has 4 heterocycles. The van der Waals surface area contributed by atoms with E-state index in [2.05, 4.69) is 56.5 Å². The third-order valence-electron chi connectivity index (χ3n) is 5.55. The molecule has 0 amide bonds. The number of nitrogens with zero attached hydrogens (tertiary/aromatic N) is 4. The Morgan fingerprint density at radius 3 is 2.89 bits per heavy atom. The maximum atomic E-state index is 5.47. The quantitative estimate of drug-likeness (QED) is 0.728. The third-order valence-corrected chi connectivity index (χ3v) is 6.37. The molecule has 0 spiro atoms. The first-order chi connectivity index (χ1) is 13.9. The van der Waals surface area contributed by atoms with Crippen molar-refractivity contribution >= 4 is 38.9 Å². The highest BCUT2D eigenvalue weighted by Gasteiger charge is 2.23. The van der Waals surface area contributed by atoms with E-state index >= 15 is 0 Å². The Kier molecular flexibility index (Phi) is 5.01. The molecule has 0 radical (unpaired) electrons. The second-order valence-corrected chi connectivity index (χ2v) is 8.24. The van der Waals surface area contributed by atoms with Crippen molar-refractivity contribution in [3.8, 4) is 0 Å². The van der Waals surface area contributed by atoms with Gasteiger partial charge in [0.2, 0.25) is 0 Å². The molecule has 2 aromatic heterocycles. The van der Waals surface area contributed by atoms with E-state index in [1.54, 1.807) is 11.5 Å². The molecular formula is C21H25N5OS. The van der Waals surface area contributed by atoms with Gasteiger partial charge in [0, 0.05) is 55.6 Å². The predicted molar refractivity (Wildman–Crippen MR) is 116 cm³/mol. The van der Waals surface area contributed by atoms with Crippen LogP contribution in [0, 0.1) is 0 Å². The molecule has 6 nitrogen and oxygen atoms in total. The van der Waals surface area contributed by atoms with E-state index in [4.69, 9.17) is 9.11 Å². The fraction of sp³-hybridized carbons (Fsp3) is 0.429. The topological polar surface area (TPSA) is 53.5 Å². The summed E-state index contributed by atoms with van der Waals surface area (Å²) < 4.78 is 11.5. The van der Waals surface area contributed by atoms with Crippen LogP contribution in [-0.2, 0) is 4.74 Å². The number of hydrogen-bond acceptors (Lipinski definition) is 7. The molecule has 2 saturated heterocycles. The van der Waals surface area contributed by atoms with E-state index in [0.717, 1.165) is 63.9 Å². The van der Waals surface area contributed by atoms with Gasteiger partial charge in [-0.1, -0.05) is 12.1 Å². The normalized spacial score (nSPS) is 20.5. The minimum Gasteiger partial charge on any atom is -0.378 e. The summed E-state index contributed by atoms with van der Waals surface area (Å²) in [5.74, 6) is 2.08. The van der Waals surface area contributed by atoms with Gasteiger partial charge in [0.1, 0.15) is 11.6 Å². The third kappa shape index (κ3) is 3.64.